The van der Waals surface area contributed by atoms with Crippen molar-refractivity contribution in [2.45, 2.75) is 19.9 Å². The van der Waals surface area contributed by atoms with Crippen LogP contribution in [0.1, 0.15) is 16.8 Å². The largest absolute Gasteiger partial charge is 0.350 e. The molecule has 1 aromatic heterocycles. The van der Waals surface area contributed by atoms with E-state index in [1.165, 1.54) is 23.1 Å². The van der Waals surface area contributed by atoms with Crippen LogP contribution in [0.3, 0.4) is 0 Å². The maximum atomic E-state index is 13.1. The van der Waals surface area contributed by atoms with Crippen molar-refractivity contribution in [2.24, 2.45) is 4.99 Å². The lowest BCUT2D eigenvalue weighted by Gasteiger charge is -2.11. The molecule has 0 saturated carbocycles. The fourth-order valence-corrected chi connectivity index (χ4v) is 2.71. The fraction of sp³-hybridized carbons (Fsp3) is 0.312. The summed E-state index contributed by atoms with van der Waals surface area (Å²) in [5, 5.41) is 9.57. The van der Waals surface area contributed by atoms with Gasteiger partial charge in [-0.1, -0.05) is 13.0 Å². The highest BCUT2D eigenvalue weighted by atomic mass is 127. The summed E-state index contributed by atoms with van der Waals surface area (Å²) in [5.41, 5.74) is 0.416. The molecular weight excluding hydrogens is 456 g/mol. The van der Waals surface area contributed by atoms with Gasteiger partial charge in [0.15, 0.2) is 5.96 Å². The summed E-state index contributed by atoms with van der Waals surface area (Å²) in [6.07, 6.45) is 2.83. The number of hydrogen-bond donors (Lipinski definition) is 3. The minimum absolute atomic E-state index is 0. The molecule has 6 nitrogen and oxygen atoms in total. The van der Waals surface area contributed by atoms with E-state index >= 15 is 0 Å². The number of amides is 1. The molecule has 3 N–H and O–H groups in total. The molecule has 2 rings (SSSR count). The van der Waals surface area contributed by atoms with Gasteiger partial charge in [-0.15, -0.1) is 35.3 Å². The Hall–Kier alpha value is -1.75. The second-order valence-electron chi connectivity index (χ2n) is 4.91. The Morgan fingerprint density at radius 2 is 2.16 bits per heavy atom. The lowest BCUT2D eigenvalue weighted by Crippen LogP contribution is -2.41. The molecule has 0 unspecified atom stereocenters. The van der Waals surface area contributed by atoms with E-state index in [0.717, 1.165) is 11.4 Å². The molecule has 0 radical (unpaired) electrons. The second kappa shape index (κ2) is 11.0. The van der Waals surface area contributed by atoms with Gasteiger partial charge in [-0.05, 0) is 24.6 Å². The van der Waals surface area contributed by atoms with Crippen molar-refractivity contribution < 1.29 is 9.18 Å². The van der Waals surface area contributed by atoms with Gasteiger partial charge in [0.1, 0.15) is 10.8 Å². The molecule has 2 aromatic rings. The molecule has 25 heavy (non-hydrogen) atoms. The summed E-state index contributed by atoms with van der Waals surface area (Å²) in [6.45, 7) is 2.65. The van der Waals surface area contributed by atoms with E-state index < -0.39 is 5.82 Å². The molecule has 0 bridgehead atoms. The molecule has 1 heterocycles. The van der Waals surface area contributed by atoms with E-state index in [4.69, 9.17) is 0 Å². The van der Waals surface area contributed by atoms with Crippen LogP contribution in [-0.2, 0) is 17.8 Å². The van der Waals surface area contributed by atoms with Gasteiger partial charge < -0.3 is 16.0 Å². The molecule has 0 fully saturated rings. The first-order chi connectivity index (χ1) is 11.6. The summed E-state index contributed by atoms with van der Waals surface area (Å²) in [4.78, 5) is 21.5. The summed E-state index contributed by atoms with van der Waals surface area (Å²) >= 11 is 1.64. The predicted molar refractivity (Wildman–Crippen MR) is 110 cm³/mol. The maximum Gasteiger partial charge on any atom is 0.243 e. The number of benzene rings is 1. The standard InChI is InChI=1S/C16H20FN5OS.HI/c1-3-13-8-19-15(24-13)10-21-16(18-2)20-9-14(23)22-12-6-4-5-11(17)7-12;/h4-8H,3,9-10H2,1-2H3,(H,22,23)(H2,18,20,21);1H. The van der Waals surface area contributed by atoms with E-state index in [2.05, 4.69) is 32.9 Å². The molecule has 0 aliphatic carbocycles. The summed E-state index contributed by atoms with van der Waals surface area (Å²) in [5.74, 6) is -0.183. The van der Waals surface area contributed by atoms with Gasteiger partial charge in [0, 0.05) is 23.8 Å². The number of nitrogens with one attached hydrogen (secondary N) is 3. The molecule has 0 saturated heterocycles. The molecule has 0 aliphatic rings. The highest BCUT2D eigenvalue weighted by molar-refractivity contribution is 14.0. The topological polar surface area (TPSA) is 78.4 Å². The van der Waals surface area contributed by atoms with E-state index in [-0.39, 0.29) is 36.4 Å². The Morgan fingerprint density at radius 1 is 1.36 bits per heavy atom. The van der Waals surface area contributed by atoms with Gasteiger partial charge in [-0.25, -0.2) is 9.37 Å². The lowest BCUT2D eigenvalue weighted by atomic mass is 10.3. The number of carbonyl (C=O) groups excluding carboxylic acids is 1. The van der Waals surface area contributed by atoms with Crippen LogP contribution >= 0.6 is 35.3 Å². The molecule has 9 heteroatoms. The number of aromatic nitrogens is 1. The minimum atomic E-state index is -0.395. The van der Waals surface area contributed by atoms with E-state index in [1.54, 1.807) is 24.5 Å². The Morgan fingerprint density at radius 3 is 2.80 bits per heavy atom. The van der Waals surface area contributed by atoms with Crippen LogP contribution in [0.25, 0.3) is 0 Å². The number of carbonyl (C=O) groups is 1. The van der Waals surface area contributed by atoms with E-state index in [0.29, 0.717) is 18.2 Å². The van der Waals surface area contributed by atoms with Crippen molar-refractivity contribution in [1.29, 1.82) is 0 Å². The minimum Gasteiger partial charge on any atom is -0.350 e. The molecule has 0 spiro atoms. The molecule has 0 aliphatic heterocycles. The fourth-order valence-electron chi connectivity index (χ4n) is 1.91. The van der Waals surface area contributed by atoms with Crippen molar-refractivity contribution in [2.75, 3.05) is 18.9 Å². The lowest BCUT2D eigenvalue weighted by molar-refractivity contribution is -0.115. The van der Waals surface area contributed by atoms with Crippen LogP contribution in [0.4, 0.5) is 10.1 Å². The predicted octanol–water partition coefficient (Wildman–Crippen LogP) is 2.77. The Labute approximate surface area is 167 Å². The number of nitrogens with zero attached hydrogens (tertiary/aromatic N) is 2. The number of guanidine groups is 1. The summed E-state index contributed by atoms with van der Waals surface area (Å²) in [6, 6.07) is 5.75. The number of rotatable bonds is 6. The number of aryl methyl sites for hydroxylation is 1. The van der Waals surface area contributed by atoms with Crippen LogP contribution in [0.15, 0.2) is 35.5 Å². The maximum absolute atomic E-state index is 13.1. The molecular formula is C16H21FIN5OS. The van der Waals surface area contributed by atoms with Gasteiger partial charge in [0.25, 0.3) is 0 Å². The summed E-state index contributed by atoms with van der Waals surface area (Å²) < 4.78 is 13.1. The van der Waals surface area contributed by atoms with Gasteiger partial charge in [0.05, 0.1) is 13.1 Å². The zero-order valence-corrected chi connectivity index (χ0v) is 17.2. The van der Waals surface area contributed by atoms with Crippen molar-refractivity contribution in [3.8, 4) is 0 Å². The molecule has 1 aromatic carbocycles. The van der Waals surface area contributed by atoms with Gasteiger partial charge in [0.2, 0.25) is 5.91 Å². The van der Waals surface area contributed by atoms with Gasteiger partial charge in [-0.2, -0.15) is 0 Å². The van der Waals surface area contributed by atoms with E-state index in [1.807, 2.05) is 6.20 Å². The smallest absolute Gasteiger partial charge is 0.243 e. The number of aliphatic imine (C=N–C) groups is 1. The van der Waals surface area contributed by atoms with Crippen molar-refractivity contribution in [3.63, 3.8) is 0 Å². The van der Waals surface area contributed by atoms with Crippen molar-refractivity contribution in [3.05, 3.63) is 46.2 Å². The molecule has 0 atom stereocenters. The van der Waals surface area contributed by atoms with Crippen LogP contribution in [-0.4, -0.2) is 30.4 Å². The monoisotopic (exact) mass is 477 g/mol. The second-order valence-corrected chi connectivity index (χ2v) is 6.11. The summed E-state index contributed by atoms with van der Waals surface area (Å²) in [7, 11) is 1.62. The highest BCUT2D eigenvalue weighted by Crippen LogP contribution is 2.12. The van der Waals surface area contributed by atoms with Crippen LogP contribution in [0.5, 0.6) is 0 Å². The van der Waals surface area contributed by atoms with Crippen LogP contribution in [0, 0.1) is 5.82 Å². The zero-order chi connectivity index (χ0) is 17.4. The van der Waals surface area contributed by atoms with Crippen molar-refractivity contribution >= 4 is 52.9 Å². The van der Waals surface area contributed by atoms with Crippen LogP contribution < -0.4 is 16.0 Å². The first-order valence-corrected chi connectivity index (χ1v) is 8.36. The quantitative estimate of drug-likeness (QED) is 0.340. The Bertz CT molecular complexity index is 722. The van der Waals surface area contributed by atoms with E-state index in [9.17, 15) is 9.18 Å². The third kappa shape index (κ3) is 7.34. The number of anilines is 1. The van der Waals surface area contributed by atoms with Crippen LogP contribution in [0.2, 0.25) is 0 Å². The van der Waals surface area contributed by atoms with Gasteiger partial charge >= 0.3 is 0 Å². The number of thiazole rings is 1. The first kappa shape index (κ1) is 21.3. The average molecular weight is 477 g/mol. The Balaban J connectivity index is 0.00000312. The first-order valence-electron chi connectivity index (χ1n) is 7.54. The molecule has 1 amide bonds. The zero-order valence-electron chi connectivity index (χ0n) is 14.0. The third-order valence-corrected chi connectivity index (χ3v) is 4.25. The molecule has 136 valence electrons. The highest BCUT2D eigenvalue weighted by Gasteiger charge is 2.06. The number of halogens is 2. The average Bonchev–Trinajstić information content (AvgIpc) is 3.03. The van der Waals surface area contributed by atoms with Crippen molar-refractivity contribution in [1.82, 2.24) is 15.6 Å². The number of hydrogen-bond acceptors (Lipinski definition) is 4. The SMILES string of the molecule is CCc1cnc(CNC(=NC)NCC(=O)Nc2cccc(F)c2)s1.I. The van der Waals surface area contributed by atoms with Gasteiger partial charge in [-0.3, -0.25) is 9.79 Å². The normalized spacial score (nSPS) is 10.8. The Kier molecular flexibility index (Phi) is 9.35. The third-order valence-electron chi connectivity index (χ3n) is 3.11.